The number of amides is 2. The van der Waals surface area contributed by atoms with Crippen molar-refractivity contribution in [3.63, 3.8) is 0 Å². The van der Waals surface area contributed by atoms with E-state index >= 15 is 0 Å². The first-order chi connectivity index (χ1) is 12.5. The summed E-state index contributed by atoms with van der Waals surface area (Å²) in [6.07, 6.45) is 4.47. The minimum absolute atomic E-state index is 0.0918. The molecule has 7 nitrogen and oxygen atoms in total. The fraction of sp³-hybridized carbons (Fsp3) is 0.316. The molecule has 0 bridgehead atoms. The van der Waals surface area contributed by atoms with Crippen LogP contribution in [0.25, 0.3) is 11.3 Å². The zero-order chi connectivity index (χ0) is 18.7. The lowest BCUT2D eigenvalue weighted by molar-refractivity contribution is 0.248. The van der Waals surface area contributed by atoms with Gasteiger partial charge in [0.25, 0.3) is 0 Å². The van der Waals surface area contributed by atoms with Crippen LogP contribution in [0.4, 0.5) is 10.6 Å². The molecule has 0 spiro atoms. The van der Waals surface area contributed by atoms with E-state index in [-0.39, 0.29) is 12.1 Å². The maximum Gasteiger partial charge on any atom is 0.320 e. The molecule has 2 amide bonds. The molecule has 7 heteroatoms. The topological polar surface area (TPSA) is 76.8 Å². The zero-order valence-corrected chi connectivity index (χ0v) is 15.5. The predicted molar refractivity (Wildman–Crippen MR) is 102 cm³/mol. The molecule has 26 heavy (non-hydrogen) atoms. The van der Waals surface area contributed by atoms with Crippen molar-refractivity contribution in [3.8, 4) is 11.3 Å². The Morgan fingerprint density at radius 1 is 1.23 bits per heavy atom. The summed E-state index contributed by atoms with van der Waals surface area (Å²) >= 11 is 0. The summed E-state index contributed by atoms with van der Waals surface area (Å²) in [5.41, 5.74) is 3.80. The molecule has 0 radical (unpaired) electrons. The minimum atomic E-state index is -0.258. The Morgan fingerprint density at radius 2 is 1.96 bits per heavy atom. The second-order valence-electron chi connectivity index (χ2n) is 6.32. The molecule has 136 valence electrons. The molecule has 2 aromatic heterocycles. The van der Waals surface area contributed by atoms with E-state index in [0.717, 1.165) is 28.8 Å². The molecule has 0 aliphatic heterocycles. The molecule has 2 N–H and O–H groups in total. The highest BCUT2D eigenvalue weighted by Gasteiger charge is 2.18. The van der Waals surface area contributed by atoms with E-state index in [1.807, 2.05) is 64.5 Å². The number of nitrogens with zero attached hydrogens (tertiary/aromatic N) is 4. The second kappa shape index (κ2) is 7.43. The van der Waals surface area contributed by atoms with Gasteiger partial charge < -0.3 is 5.32 Å². The van der Waals surface area contributed by atoms with Crippen LogP contribution in [0.2, 0.25) is 0 Å². The average molecular weight is 352 g/mol. The predicted octanol–water partition coefficient (Wildman–Crippen LogP) is 3.40. The fourth-order valence-corrected chi connectivity index (χ4v) is 3.02. The van der Waals surface area contributed by atoms with Gasteiger partial charge in [-0.1, -0.05) is 37.3 Å². The third-order valence-corrected chi connectivity index (χ3v) is 4.40. The van der Waals surface area contributed by atoms with Gasteiger partial charge in [-0.05, 0) is 13.3 Å². The van der Waals surface area contributed by atoms with Crippen LogP contribution in [-0.2, 0) is 14.1 Å². The largest absolute Gasteiger partial charge is 0.331 e. The van der Waals surface area contributed by atoms with Gasteiger partial charge in [0.05, 0.1) is 17.9 Å². The molecule has 1 aromatic carbocycles. The van der Waals surface area contributed by atoms with E-state index in [1.165, 1.54) is 0 Å². The molecule has 2 heterocycles. The van der Waals surface area contributed by atoms with Crippen molar-refractivity contribution in [1.29, 1.82) is 0 Å². The van der Waals surface area contributed by atoms with Crippen molar-refractivity contribution >= 4 is 11.8 Å². The third-order valence-electron chi connectivity index (χ3n) is 4.40. The van der Waals surface area contributed by atoms with Crippen LogP contribution < -0.4 is 10.6 Å². The van der Waals surface area contributed by atoms with Crippen LogP contribution in [-0.4, -0.2) is 25.6 Å². The number of benzene rings is 1. The third kappa shape index (κ3) is 3.61. The average Bonchev–Trinajstić information content (AvgIpc) is 3.19. The molecule has 0 saturated carbocycles. The molecule has 0 saturated heterocycles. The lowest BCUT2D eigenvalue weighted by Gasteiger charge is -2.16. The normalized spacial score (nSPS) is 12.0. The molecular formula is C19H24N6O. The Morgan fingerprint density at radius 3 is 2.58 bits per heavy atom. The van der Waals surface area contributed by atoms with Gasteiger partial charge in [0.15, 0.2) is 0 Å². The van der Waals surface area contributed by atoms with E-state index in [1.54, 1.807) is 15.6 Å². The first-order valence-electron chi connectivity index (χ1n) is 8.64. The second-order valence-corrected chi connectivity index (χ2v) is 6.32. The molecule has 1 atom stereocenters. The van der Waals surface area contributed by atoms with Gasteiger partial charge in [0.1, 0.15) is 5.82 Å². The van der Waals surface area contributed by atoms with Gasteiger partial charge in [0.2, 0.25) is 0 Å². The highest BCUT2D eigenvalue weighted by atomic mass is 16.2. The van der Waals surface area contributed by atoms with E-state index < -0.39 is 0 Å². The lowest BCUT2D eigenvalue weighted by Crippen LogP contribution is -2.33. The number of hydrogen-bond acceptors (Lipinski definition) is 3. The van der Waals surface area contributed by atoms with Crippen molar-refractivity contribution in [1.82, 2.24) is 24.9 Å². The number of nitrogens with one attached hydrogen (secondary N) is 2. The maximum atomic E-state index is 12.5. The zero-order valence-electron chi connectivity index (χ0n) is 15.5. The van der Waals surface area contributed by atoms with E-state index in [9.17, 15) is 4.79 Å². The Bertz CT molecular complexity index is 896. The van der Waals surface area contributed by atoms with Crippen molar-refractivity contribution in [2.75, 3.05) is 5.32 Å². The Labute approximate surface area is 153 Å². The monoisotopic (exact) mass is 352 g/mol. The Kier molecular flexibility index (Phi) is 5.06. The smallest absolute Gasteiger partial charge is 0.320 e. The number of carbonyl (C=O) groups is 1. The standard InChI is InChI=1S/C19H24N6O/c1-5-16(15-11-20-24(3)12-15)21-19(26)22-18-13(2)17(23-25(18)4)14-9-7-6-8-10-14/h6-12,16H,5H2,1-4H3,(H2,21,22,26)/t16-/m0/s1. The minimum Gasteiger partial charge on any atom is -0.331 e. The Balaban J connectivity index is 1.76. The fourth-order valence-electron chi connectivity index (χ4n) is 3.02. The molecule has 0 unspecified atom stereocenters. The van der Waals surface area contributed by atoms with Crippen LogP contribution in [0.1, 0.15) is 30.5 Å². The van der Waals surface area contributed by atoms with Gasteiger partial charge in [0, 0.05) is 37.0 Å². The van der Waals surface area contributed by atoms with E-state index in [2.05, 4.69) is 20.8 Å². The van der Waals surface area contributed by atoms with E-state index in [4.69, 9.17) is 0 Å². The highest BCUT2D eigenvalue weighted by Crippen LogP contribution is 2.27. The quantitative estimate of drug-likeness (QED) is 0.739. The summed E-state index contributed by atoms with van der Waals surface area (Å²) in [7, 11) is 3.69. The molecule has 0 aliphatic carbocycles. The number of aromatic nitrogens is 4. The molecule has 3 rings (SSSR count). The van der Waals surface area contributed by atoms with Crippen LogP contribution in [0.15, 0.2) is 42.7 Å². The number of hydrogen-bond donors (Lipinski definition) is 2. The summed E-state index contributed by atoms with van der Waals surface area (Å²) in [6.45, 7) is 3.99. The first kappa shape index (κ1) is 17.7. The van der Waals surface area contributed by atoms with Gasteiger partial charge in [-0.15, -0.1) is 0 Å². The number of carbonyl (C=O) groups excluding carboxylic acids is 1. The SMILES string of the molecule is CC[C@H](NC(=O)Nc1c(C)c(-c2ccccc2)nn1C)c1cnn(C)c1. The van der Waals surface area contributed by atoms with E-state index in [0.29, 0.717) is 5.82 Å². The van der Waals surface area contributed by atoms with Crippen LogP contribution >= 0.6 is 0 Å². The van der Waals surface area contributed by atoms with Crippen molar-refractivity contribution in [2.24, 2.45) is 14.1 Å². The lowest BCUT2D eigenvalue weighted by atomic mass is 10.1. The summed E-state index contributed by atoms with van der Waals surface area (Å²) in [5.74, 6) is 0.683. The van der Waals surface area contributed by atoms with Crippen LogP contribution in [0, 0.1) is 6.92 Å². The molecule has 3 aromatic rings. The number of rotatable bonds is 5. The number of anilines is 1. The summed E-state index contributed by atoms with van der Waals surface area (Å²) in [4.78, 5) is 12.5. The van der Waals surface area contributed by atoms with Gasteiger partial charge in [-0.25, -0.2) is 4.79 Å². The Hall–Kier alpha value is -3.09. The molecule has 0 fully saturated rings. The molecular weight excluding hydrogens is 328 g/mol. The highest BCUT2D eigenvalue weighted by molar-refractivity contribution is 5.90. The number of urea groups is 1. The summed E-state index contributed by atoms with van der Waals surface area (Å²) in [5, 5.41) is 14.7. The van der Waals surface area contributed by atoms with Gasteiger partial charge >= 0.3 is 6.03 Å². The van der Waals surface area contributed by atoms with Gasteiger partial charge in [-0.3, -0.25) is 14.7 Å². The molecule has 0 aliphatic rings. The summed E-state index contributed by atoms with van der Waals surface area (Å²) < 4.78 is 3.43. The summed E-state index contributed by atoms with van der Waals surface area (Å²) in [6, 6.07) is 9.59. The van der Waals surface area contributed by atoms with Crippen molar-refractivity contribution < 1.29 is 4.79 Å². The van der Waals surface area contributed by atoms with Crippen molar-refractivity contribution in [3.05, 3.63) is 53.9 Å². The van der Waals surface area contributed by atoms with Gasteiger partial charge in [-0.2, -0.15) is 10.2 Å². The van der Waals surface area contributed by atoms with Crippen LogP contribution in [0.3, 0.4) is 0 Å². The van der Waals surface area contributed by atoms with Crippen molar-refractivity contribution in [2.45, 2.75) is 26.3 Å². The number of aryl methyl sites for hydroxylation is 2. The maximum absolute atomic E-state index is 12.5. The first-order valence-corrected chi connectivity index (χ1v) is 8.64. The van der Waals surface area contributed by atoms with Crippen LogP contribution in [0.5, 0.6) is 0 Å².